The summed E-state index contributed by atoms with van der Waals surface area (Å²) in [6, 6.07) is 5.92. The van der Waals surface area contributed by atoms with Gasteiger partial charge in [0, 0.05) is 12.4 Å². The van der Waals surface area contributed by atoms with Gasteiger partial charge in [-0.3, -0.25) is 4.98 Å². The molecule has 13 heavy (non-hydrogen) atoms. The first-order chi connectivity index (χ1) is 6.40. The maximum absolute atomic E-state index is 4.29. The lowest BCUT2D eigenvalue weighted by Crippen LogP contribution is -1.75. The molecular weight excluding hydrogens is 180 g/mol. The van der Waals surface area contributed by atoms with Crippen LogP contribution in [-0.2, 0) is 6.42 Å². The van der Waals surface area contributed by atoms with Crippen molar-refractivity contribution in [2.75, 3.05) is 0 Å². The maximum Gasteiger partial charge on any atom is 0.0929 e. The van der Waals surface area contributed by atoms with Crippen LogP contribution in [0.2, 0.25) is 0 Å². The molecule has 0 aromatic carbocycles. The second-order valence-electron chi connectivity index (χ2n) is 2.69. The minimum Gasteiger partial charge on any atom is -0.255 e. The highest BCUT2D eigenvalue weighted by atomic mass is 32.1. The van der Waals surface area contributed by atoms with Gasteiger partial charge in [-0.15, -0.1) is 11.3 Å². The van der Waals surface area contributed by atoms with Crippen molar-refractivity contribution >= 4 is 11.3 Å². The van der Waals surface area contributed by atoms with Crippen molar-refractivity contribution < 1.29 is 0 Å². The molecule has 2 aromatic heterocycles. The summed E-state index contributed by atoms with van der Waals surface area (Å²) < 4.78 is 0. The van der Waals surface area contributed by atoms with Crippen molar-refractivity contribution in [3.8, 4) is 10.6 Å². The van der Waals surface area contributed by atoms with E-state index in [0.717, 1.165) is 17.0 Å². The summed E-state index contributed by atoms with van der Waals surface area (Å²) in [4.78, 5) is 9.71. The van der Waals surface area contributed by atoms with Crippen LogP contribution in [0.1, 0.15) is 11.9 Å². The molecule has 2 aromatic rings. The van der Waals surface area contributed by atoms with Crippen LogP contribution in [0.3, 0.4) is 0 Å². The topological polar surface area (TPSA) is 25.8 Å². The molecule has 0 saturated carbocycles. The van der Waals surface area contributed by atoms with E-state index in [9.17, 15) is 0 Å². The molecule has 66 valence electrons. The Labute approximate surface area is 81.3 Å². The molecule has 2 rings (SSSR count). The van der Waals surface area contributed by atoms with Crippen LogP contribution in [0.25, 0.3) is 10.6 Å². The average molecular weight is 190 g/mol. The monoisotopic (exact) mass is 190 g/mol. The summed E-state index contributed by atoms with van der Waals surface area (Å²) in [6.45, 7) is 2.11. The quantitative estimate of drug-likeness (QED) is 0.727. The predicted octanol–water partition coefficient (Wildman–Crippen LogP) is 2.77. The zero-order valence-electron chi connectivity index (χ0n) is 7.40. The van der Waals surface area contributed by atoms with Gasteiger partial charge in [0.05, 0.1) is 15.6 Å². The van der Waals surface area contributed by atoms with Crippen molar-refractivity contribution in [3.63, 3.8) is 0 Å². The molecule has 0 N–H and O–H groups in total. The van der Waals surface area contributed by atoms with Crippen molar-refractivity contribution in [3.05, 3.63) is 35.6 Å². The Morgan fingerprint density at radius 3 is 2.85 bits per heavy atom. The summed E-state index contributed by atoms with van der Waals surface area (Å²) >= 11 is 1.71. The molecule has 0 amide bonds. The number of pyridine rings is 1. The van der Waals surface area contributed by atoms with Crippen LogP contribution >= 0.6 is 11.3 Å². The molecule has 0 atom stereocenters. The standard InChI is InChI=1S/C10H10N2S/c1-2-10-12-7-9(13-10)8-5-3-4-6-11-8/h3-7H,2H2,1H3. The van der Waals surface area contributed by atoms with Gasteiger partial charge >= 0.3 is 0 Å². The van der Waals surface area contributed by atoms with E-state index in [1.54, 1.807) is 17.5 Å². The van der Waals surface area contributed by atoms with Gasteiger partial charge in [-0.05, 0) is 18.6 Å². The molecule has 0 spiro atoms. The Bertz CT molecular complexity index is 381. The molecule has 2 nitrogen and oxygen atoms in total. The minimum absolute atomic E-state index is 0.998. The van der Waals surface area contributed by atoms with E-state index in [4.69, 9.17) is 0 Å². The number of aromatic nitrogens is 2. The lowest BCUT2D eigenvalue weighted by atomic mass is 10.3. The highest BCUT2D eigenvalue weighted by Gasteiger charge is 2.02. The minimum atomic E-state index is 0.998. The fourth-order valence-electron chi connectivity index (χ4n) is 1.10. The normalized spacial score (nSPS) is 10.2. The van der Waals surface area contributed by atoms with E-state index in [0.29, 0.717) is 0 Å². The Morgan fingerprint density at radius 2 is 2.23 bits per heavy atom. The lowest BCUT2D eigenvalue weighted by molar-refractivity contribution is 1.09. The number of thiazole rings is 1. The van der Waals surface area contributed by atoms with Crippen molar-refractivity contribution in [2.45, 2.75) is 13.3 Å². The lowest BCUT2D eigenvalue weighted by Gasteiger charge is -1.91. The second-order valence-corrected chi connectivity index (χ2v) is 3.80. The Hall–Kier alpha value is -1.22. The van der Waals surface area contributed by atoms with E-state index in [1.807, 2.05) is 24.4 Å². The van der Waals surface area contributed by atoms with E-state index >= 15 is 0 Å². The third-order valence-corrected chi connectivity index (χ3v) is 2.94. The highest BCUT2D eigenvalue weighted by molar-refractivity contribution is 7.15. The van der Waals surface area contributed by atoms with E-state index in [-0.39, 0.29) is 0 Å². The predicted molar refractivity (Wildman–Crippen MR) is 54.7 cm³/mol. The Balaban J connectivity index is 2.36. The first kappa shape index (κ1) is 8.38. The van der Waals surface area contributed by atoms with Gasteiger partial charge < -0.3 is 0 Å². The van der Waals surface area contributed by atoms with E-state index in [1.165, 1.54) is 5.01 Å². The molecule has 0 fully saturated rings. The maximum atomic E-state index is 4.29. The Kier molecular flexibility index (Phi) is 2.36. The largest absolute Gasteiger partial charge is 0.255 e. The first-order valence-corrected chi connectivity index (χ1v) is 5.08. The smallest absolute Gasteiger partial charge is 0.0929 e. The number of nitrogens with zero attached hydrogens (tertiary/aromatic N) is 2. The zero-order valence-corrected chi connectivity index (χ0v) is 8.21. The van der Waals surface area contributed by atoms with Crippen LogP contribution in [0.5, 0.6) is 0 Å². The summed E-state index contributed by atoms with van der Waals surface area (Å²) in [5.74, 6) is 0. The van der Waals surface area contributed by atoms with Gasteiger partial charge in [-0.25, -0.2) is 4.98 Å². The molecule has 0 aliphatic heterocycles. The van der Waals surface area contributed by atoms with Crippen molar-refractivity contribution in [1.82, 2.24) is 9.97 Å². The fourth-order valence-corrected chi connectivity index (χ4v) is 1.93. The molecule has 0 unspecified atom stereocenters. The second kappa shape index (κ2) is 3.66. The van der Waals surface area contributed by atoms with Gasteiger partial charge in [-0.1, -0.05) is 13.0 Å². The van der Waals surface area contributed by atoms with Gasteiger partial charge in [0.2, 0.25) is 0 Å². The number of rotatable bonds is 2. The van der Waals surface area contributed by atoms with Crippen LogP contribution in [0.4, 0.5) is 0 Å². The van der Waals surface area contributed by atoms with Crippen molar-refractivity contribution in [2.24, 2.45) is 0 Å². The van der Waals surface area contributed by atoms with Gasteiger partial charge in [0.1, 0.15) is 0 Å². The third kappa shape index (κ3) is 1.75. The fraction of sp³-hybridized carbons (Fsp3) is 0.200. The summed E-state index contributed by atoms with van der Waals surface area (Å²) in [5, 5.41) is 1.17. The van der Waals surface area contributed by atoms with Crippen LogP contribution in [0.15, 0.2) is 30.6 Å². The molecule has 0 aliphatic rings. The van der Waals surface area contributed by atoms with Crippen molar-refractivity contribution in [1.29, 1.82) is 0 Å². The van der Waals surface area contributed by atoms with Crippen LogP contribution in [-0.4, -0.2) is 9.97 Å². The average Bonchev–Trinajstić information content (AvgIpc) is 2.67. The molecule has 2 heterocycles. The summed E-state index contributed by atoms with van der Waals surface area (Å²) in [6.07, 6.45) is 4.70. The van der Waals surface area contributed by atoms with E-state index in [2.05, 4.69) is 16.9 Å². The molecular formula is C10H10N2S. The highest BCUT2D eigenvalue weighted by Crippen LogP contribution is 2.23. The van der Waals surface area contributed by atoms with Crippen LogP contribution < -0.4 is 0 Å². The summed E-state index contributed by atoms with van der Waals surface area (Å²) in [7, 11) is 0. The molecule has 0 bridgehead atoms. The number of hydrogen-bond acceptors (Lipinski definition) is 3. The zero-order chi connectivity index (χ0) is 9.10. The van der Waals surface area contributed by atoms with Gasteiger partial charge in [-0.2, -0.15) is 0 Å². The third-order valence-electron chi connectivity index (χ3n) is 1.77. The first-order valence-electron chi connectivity index (χ1n) is 4.26. The molecule has 0 saturated heterocycles. The van der Waals surface area contributed by atoms with Crippen LogP contribution in [0, 0.1) is 0 Å². The van der Waals surface area contributed by atoms with E-state index < -0.39 is 0 Å². The number of aryl methyl sites for hydroxylation is 1. The molecule has 0 aliphatic carbocycles. The number of hydrogen-bond donors (Lipinski definition) is 0. The summed E-state index contributed by atoms with van der Waals surface area (Å²) in [5.41, 5.74) is 1.01. The Morgan fingerprint density at radius 1 is 1.31 bits per heavy atom. The molecule has 0 radical (unpaired) electrons. The molecule has 3 heteroatoms. The van der Waals surface area contributed by atoms with Gasteiger partial charge in [0.15, 0.2) is 0 Å². The van der Waals surface area contributed by atoms with Gasteiger partial charge in [0.25, 0.3) is 0 Å². The SMILES string of the molecule is CCc1ncc(-c2ccccn2)s1.